The van der Waals surface area contributed by atoms with E-state index >= 15 is 0 Å². The summed E-state index contributed by atoms with van der Waals surface area (Å²) >= 11 is 4.75. The van der Waals surface area contributed by atoms with E-state index in [1.165, 1.54) is 11.5 Å². The lowest BCUT2D eigenvalue weighted by molar-refractivity contribution is 1.28. The summed E-state index contributed by atoms with van der Waals surface area (Å²) in [5.74, 6) is 0.715. The van der Waals surface area contributed by atoms with Crippen LogP contribution in [0.1, 0.15) is 0 Å². The molecule has 2 heterocycles. The van der Waals surface area contributed by atoms with Gasteiger partial charge in [-0.25, -0.2) is 0 Å². The minimum atomic E-state index is 0.715. The van der Waals surface area contributed by atoms with Crippen LogP contribution in [0.5, 0.6) is 0 Å². The number of pyridine rings is 1. The molecule has 0 aliphatic rings. The van der Waals surface area contributed by atoms with Crippen LogP contribution in [0.15, 0.2) is 53.3 Å². The first-order valence-corrected chi connectivity index (χ1v) is 7.14. The van der Waals surface area contributed by atoms with Crippen molar-refractivity contribution in [3.05, 3.63) is 53.3 Å². The maximum Gasteiger partial charge on any atom is 0.207 e. The lowest BCUT2D eigenvalue weighted by atomic mass is 10.3. The third kappa shape index (κ3) is 2.97. The molecule has 1 N–H and O–H groups in total. The number of nitrogens with one attached hydrogen (secondary N) is 1. The van der Waals surface area contributed by atoms with Gasteiger partial charge in [-0.05, 0) is 36.4 Å². The molecule has 6 heteroatoms. The summed E-state index contributed by atoms with van der Waals surface area (Å²) in [6.45, 7) is 0. The molecule has 0 atom stereocenters. The van der Waals surface area contributed by atoms with Gasteiger partial charge in [0, 0.05) is 39.6 Å². The van der Waals surface area contributed by atoms with E-state index in [0.717, 1.165) is 20.9 Å². The molecule has 0 spiro atoms. The van der Waals surface area contributed by atoms with E-state index in [9.17, 15) is 0 Å². The van der Waals surface area contributed by atoms with Gasteiger partial charge in [0.2, 0.25) is 5.13 Å². The van der Waals surface area contributed by atoms with Crippen molar-refractivity contribution in [2.24, 2.45) is 0 Å². The number of hydrogen-bond donors (Lipinski definition) is 1. The third-order valence-electron chi connectivity index (χ3n) is 2.46. The highest BCUT2D eigenvalue weighted by Crippen LogP contribution is 2.24. The van der Waals surface area contributed by atoms with Gasteiger partial charge in [-0.3, -0.25) is 4.98 Å². The summed E-state index contributed by atoms with van der Waals surface area (Å²) in [6.07, 6.45) is 3.47. The Bertz CT molecular complexity index is 667. The number of rotatable bonds is 3. The first-order chi connectivity index (χ1) is 9.31. The Balaban J connectivity index is 1.80. The van der Waals surface area contributed by atoms with Crippen molar-refractivity contribution in [2.45, 2.75) is 0 Å². The lowest BCUT2D eigenvalue weighted by Crippen LogP contribution is -1.89. The maximum atomic E-state index is 4.46. The van der Waals surface area contributed by atoms with Gasteiger partial charge >= 0.3 is 0 Å². The zero-order valence-corrected chi connectivity index (χ0v) is 12.1. The van der Waals surface area contributed by atoms with Crippen LogP contribution < -0.4 is 5.32 Å². The number of benzene rings is 1. The Labute approximate surface area is 122 Å². The molecular weight excluding hydrogens is 324 g/mol. The molecule has 94 valence electrons. The average Bonchev–Trinajstić information content (AvgIpc) is 2.91. The average molecular weight is 333 g/mol. The number of anilines is 2. The van der Waals surface area contributed by atoms with Crippen LogP contribution in [-0.4, -0.2) is 14.3 Å². The minimum Gasteiger partial charge on any atom is -0.330 e. The standard InChI is InChI=1S/C13H9BrN4S/c14-10-1-3-11(4-2-10)16-13-17-12(18-19-13)9-5-7-15-8-6-9/h1-8H,(H,16,17,18). The van der Waals surface area contributed by atoms with Crippen molar-refractivity contribution in [3.8, 4) is 11.4 Å². The van der Waals surface area contributed by atoms with Crippen LogP contribution in [0.2, 0.25) is 0 Å². The van der Waals surface area contributed by atoms with Gasteiger partial charge in [0.05, 0.1) is 0 Å². The Morgan fingerprint density at radius 1 is 1.00 bits per heavy atom. The first-order valence-electron chi connectivity index (χ1n) is 5.58. The molecule has 3 aromatic rings. The monoisotopic (exact) mass is 332 g/mol. The summed E-state index contributed by atoms with van der Waals surface area (Å²) in [5, 5.41) is 4.00. The molecule has 2 aromatic heterocycles. The van der Waals surface area contributed by atoms with Crippen LogP contribution in [0.4, 0.5) is 10.8 Å². The Morgan fingerprint density at radius 3 is 2.47 bits per heavy atom. The van der Waals surface area contributed by atoms with Crippen LogP contribution in [0.3, 0.4) is 0 Å². The van der Waals surface area contributed by atoms with Gasteiger partial charge in [-0.1, -0.05) is 15.9 Å². The fraction of sp³-hybridized carbons (Fsp3) is 0. The van der Waals surface area contributed by atoms with Crippen molar-refractivity contribution >= 4 is 38.3 Å². The summed E-state index contributed by atoms with van der Waals surface area (Å²) in [4.78, 5) is 8.44. The molecule has 4 nitrogen and oxygen atoms in total. The summed E-state index contributed by atoms with van der Waals surface area (Å²) in [5.41, 5.74) is 1.95. The molecule has 0 bridgehead atoms. The molecule has 3 rings (SSSR count). The molecule has 0 aliphatic heterocycles. The molecule has 0 saturated carbocycles. The molecule has 0 radical (unpaired) electrons. The SMILES string of the molecule is Brc1ccc(Nc2nc(-c3ccncc3)ns2)cc1. The molecule has 0 amide bonds. The van der Waals surface area contributed by atoms with E-state index in [1.54, 1.807) is 12.4 Å². The van der Waals surface area contributed by atoms with Crippen LogP contribution in [-0.2, 0) is 0 Å². The highest BCUT2D eigenvalue weighted by molar-refractivity contribution is 9.10. The quantitative estimate of drug-likeness (QED) is 0.784. The summed E-state index contributed by atoms with van der Waals surface area (Å²) in [6, 6.07) is 11.7. The zero-order valence-electron chi connectivity index (χ0n) is 9.75. The molecule has 0 unspecified atom stereocenters. The zero-order chi connectivity index (χ0) is 13.1. The van der Waals surface area contributed by atoms with Crippen molar-refractivity contribution in [2.75, 3.05) is 5.32 Å². The third-order valence-corrected chi connectivity index (χ3v) is 3.62. The van der Waals surface area contributed by atoms with Gasteiger partial charge in [0.15, 0.2) is 5.82 Å². The van der Waals surface area contributed by atoms with E-state index in [1.807, 2.05) is 36.4 Å². The van der Waals surface area contributed by atoms with Gasteiger partial charge in [-0.15, -0.1) is 0 Å². The second-order valence-corrected chi connectivity index (χ2v) is 5.46. The fourth-order valence-corrected chi connectivity index (χ4v) is 2.42. The van der Waals surface area contributed by atoms with Crippen molar-refractivity contribution < 1.29 is 0 Å². The number of halogens is 1. The number of hydrogen-bond acceptors (Lipinski definition) is 5. The lowest BCUT2D eigenvalue weighted by Gasteiger charge is -2.01. The van der Waals surface area contributed by atoms with Crippen LogP contribution in [0, 0.1) is 0 Å². The molecule has 19 heavy (non-hydrogen) atoms. The Morgan fingerprint density at radius 2 is 1.74 bits per heavy atom. The number of nitrogens with zero attached hydrogens (tertiary/aromatic N) is 3. The van der Waals surface area contributed by atoms with E-state index in [2.05, 4.69) is 35.6 Å². The predicted octanol–water partition coefficient (Wildman–Crippen LogP) is 4.11. The van der Waals surface area contributed by atoms with Crippen molar-refractivity contribution in [1.29, 1.82) is 0 Å². The smallest absolute Gasteiger partial charge is 0.207 e. The predicted molar refractivity (Wildman–Crippen MR) is 80.6 cm³/mol. The van der Waals surface area contributed by atoms with E-state index in [4.69, 9.17) is 0 Å². The van der Waals surface area contributed by atoms with E-state index in [0.29, 0.717) is 5.82 Å². The summed E-state index contributed by atoms with van der Waals surface area (Å²) < 4.78 is 5.38. The van der Waals surface area contributed by atoms with Crippen molar-refractivity contribution in [3.63, 3.8) is 0 Å². The van der Waals surface area contributed by atoms with Crippen molar-refractivity contribution in [1.82, 2.24) is 14.3 Å². The first kappa shape index (κ1) is 12.3. The normalized spacial score (nSPS) is 10.4. The van der Waals surface area contributed by atoms with Gasteiger partial charge < -0.3 is 5.32 Å². The minimum absolute atomic E-state index is 0.715. The Hall–Kier alpha value is -1.79. The van der Waals surface area contributed by atoms with Crippen LogP contribution in [0.25, 0.3) is 11.4 Å². The highest BCUT2D eigenvalue weighted by Gasteiger charge is 2.06. The van der Waals surface area contributed by atoms with Gasteiger partial charge in [0.1, 0.15) is 0 Å². The molecule has 0 fully saturated rings. The van der Waals surface area contributed by atoms with E-state index in [-0.39, 0.29) is 0 Å². The molecular formula is C13H9BrN4S. The Kier molecular flexibility index (Phi) is 3.52. The number of aromatic nitrogens is 3. The molecule has 1 aromatic carbocycles. The van der Waals surface area contributed by atoms with E-state index < -0.39 is 0 Å². The second kappa shape index (κ2) is 5.46. The molecule has 0 saturated heterocycles. The highest BCUT2D eigenvalue weighted by atomic mass is 79.9. The van der Waals surface area contributed by atoms with Crippen LogP contribution >= 0.6 is 27.5 Å². The fourth-order valence-electron chi connectivity index (χ4n) is 1.55. The second-order valence-electron chi connectivity index (χ2n) is 3.79. The maximum absolute atomic E-state index is 4.46. The van der Waals surface area contributed by atoms with Gasteiger partial charge in [-0.2, -0.15) is 9.36 Å². The topological polar surface area (TPSA) is 50.7 Å². The largest absolute Gasteiger partial charge is 0.330 e. The van der Waals surface area contributed by atoms with Gasteiger partial charge in [0.25, 0.3) is 0 Å². The summed E-state index contributed by atoms with van der Waals surface area (Å²) in [7, 11) is 0. The molecule has 0 aliphatic carbocycles.